The van der Waals surface area contributed by atoms with E-state index in [1.165, 1.54) is 18.2 Å². The van der Waals surface area contributed by atoms with Gasteiger partial charge in [-0.3, -0.25) is 19.7 Å². The number of piperidine rings is 1. The molecule has 1 saturated heterocycles. The Balaban J connectivity index is 1.89. The smallest absolute Gasteiger partial charge is 0.316 e. The molecule has 0 atom stereocenters. The van der Waals surface area contributed by atoms with Gasteiger partial charge in [0.15, 0.2) is 0 Å². The normalized spacial score (nSPS) is 15.2. The molecule has 0 aromatic heterocycles. The van der Waals surface area contributed by atoms with Gasteiger partial charge in [-0.2, -0.15) is 0 Å². The van der Waals surface area contributed by atoms with Crippen LogP contribution in [0.1, 0.15) is 12.8 Å². The predicted octanol–water partition coefficient (Wildman–Crippen LogP) is 1.57. The van der Waals surface area contributed by atoms with Crippen molar-refractivity contribution in [1.82, 2.24) is 10.6 Å². The van der Waals surface area contributed by atoms with Gasteiger partial charge in [0.2, 0.25) is 5.91 Å². The minimum Gasteiger partial charge on any atom is -0.318 e. The number of benzene rings is 1. The second-order valence-electron chi connectivity index (χ2n) is 4.93. The highest BCUT2D eigenvalue weighted by Gasteiger charge is 2.25. The van der Waals surface area contributed by atoms with Gasteiger partial charge in [-0.1, -0.05) is 23.2 Å². The van der Waals surface area contributed by atoms with Crippen LogP contribution in [0.3, 0.4) is 0 Å². The molecule has 1 aromatic carbocycles. The summed E-state index contributed by atoms with van der Waals surface area (Å²) in [6.45, 7) is 1.45. The quantitative estimate of drug-likeness (QED) is 0.711. The average Bonchev–Trinajstić information content (AvgIpc) is 2.51. The molecule has 6 nitrogen and oxygen atoms in total. The number of halogens is 2. The molecule has 2 rings (SSSR count). The van der Waals surface area contributed by atoms with Crippen LogP contribution in [0.4, 0.5) is 5.69 Å². The zero-order valence-electron chi connectivity index (χ0n) is 11.6. The van der Waals surface area contributed by atoms with Crippen LogP contribution in [0.15, 0.2) is 18.2 Å². The van der Waals surface area contributed by atoms with Crippen molar-refractivity contribution in [3.63, 3.8) is 0 Å². The monoisotopic (exact) mass is 343 g/mol. The van der Waals surface area contributed by atoms with Crippen molar-refractivity contribution in [2.45, 2.75) is 12.8 Å². The molecule has 0 radical (unpaired) electrons. The maximum Gasteiger partial charge on any atom is 0.316 e. The number of hydrogen-bond acceptors (Lipinski definition) is 4. The van der Waals surface area contributed by atoms with Crippen LogP contribution >= 0.6 is 23.2 Å². The summed E-state index contributed by atoms with van der Waals surface area (Å²) < 4.78 is 0. The summed E-state index contributed by atoms with van der Waals surface area (Å²) in [6.07, 6.45) is 1.29. The second-order valence-corrected chi connectivity index (χ2v) is 5.74. The zero-order valence-corrected chi connectivity index (χ0v) is 13.1. The van der Waals surface area contributed by atoms with E-state index in [0.29, 0.717) is 23.6 Å². The predicted molar refractivity (Wildman–Crippen MR) is 83.8 cm³/mol. The largest absolute Gasteiger partial charge is 0.318 e. The number of imide groups is 1. The molecule has 22 heavy (non-hydrogen) atoms. The Morgan fingerprint density at radius 2 is 1.73 bits per heavy atom. The molecule has 1 aliphatic rings. The van der Waals surface area contributed by atoms with Gasteiger partial charge in [-0.15, -0.1) is 0 Å². The van der Waals surface area contributed by atoms with Crippen molar-refractivity contribution in [3.05, 3.63) is 28.2 Å². The van der Waals surface area contributed by atoms with Crippen LogP contribution in [0.5, 0.6) is 0 Å². The van der Waals surface area contributed by atoms with Crippen LogP contribution in [-0.2, 0) is 14.4 Å². The van der Waals surface area contributed by atoms with Crippen LogP contribution in [0.25, 0.3) is 0 Å². The highest BCUT2D eigenvalue weighted by Crippen LogP contribution is 2.24. The molecule has 1 fully saturated rings. The Morgan fingerprint density at radius 3 is 2.36 bits per heavy atom. The lowest BCUT2D eigenvalue weighted by Gasteiger charge is -2.21. The van der Waals surface area contributed by atoms with E-state index >= 15 is 0 Å². The number of hydrogen-bond donors (Lipinski definition) is 3. The lowest BCUT2D eigenvalue weighted by Crippen LogP contribution is -2.44. The summed E-state index contributed by atoms with van der Waals surface area (Å²) in [4.78, 5) is 35.4. The molecule has 0 spiro atoms. The number of amides is 3. The third-order valence-electron chi connectivity index (χ3n) is 3.33. The van der Waals surface area contributed by atoms with E-state index in [2.05, 4.69) is 16.0 Å². The number of carbonyl (C=O) groups excluding carboxylic acids is 3. The lowest BCUT2D eigenvalue weighted by atomic mass is 9.97. The van der Waals surface area contributed by atoms with Crippen molar-refractivity contribution in [1.29, 1.82) is 0 Å². The van der Waals surface area contributed by atoms with Crippen molar-refractivity contribution in [2.24, 2.45) is 5.92 Å². The van der Waals surface area contributed by atoms with Gasteiger partial charge in [-0.05, 0) is 44.1 Å². The second kappa shape index (κ2) is 7.58. The molecule has 1 aromatic rings. The highest BCUT2D eigenvalue weighted by atomic mass is 35.5. The van der Waals surface area contributed by atoms with Gasteiger partial charge in [0.25, 0.3) is 0 Å². The van der Waals surface area contributed by atoms with Crippen molar-refractivity contribution < 1.29 is 14.4 Å². The van der Waals surface area contributed by atoms with E-state index in [9.17, 15) is 14.4 Å². The minimum absolute atomic E-state index is 0.247. The van der Waals surface area contributed by atoms with Gasteiger partial charge >= 0.3 is 11.8 Å². The number of nitrogens with one attached hydrogen (secondary N) is 3. The van der Waals surface area contributed by atoms with E-state index in [4.69, 9.17) is 23.2 Å². The fourth-order valence-corrected chi connectivity index (χ4v) is 2.41. The maximum absolute atomic E-state index is 11.9. The molecule has 1 aliphatic heterocycles. The van der Waals surface area contributed by atoms with Crippen LogP contribution in [-0.4, -0.2) is 30.8 Å². The maximum atomic E-state index is 11.9. The summed E-state index contributed by atoms with van der Waals surface area (Å²) in [6, 6.07) is 4.43. The summed E-state index contributed by atoms with van der Waals surface area (Å²) in [5, 5.41) is 8.19. The third kappa shape index (κ3) is 4.43. The van der Waals surface area contributed by atoms with Gasteiger partial charge in [0.1, 0.15) is 0 Å². The highest BCUT2D eigenvalue weighted by molar-refractivity contribution is 6.43. The Hall–Kier alpha value is -1.63. The minimum atomic E-state index is -0.991. The summed E-state index contributed by atoms with van der Waals surface area (Å²) in [5.41, 5.74) is 0.323. The van der Waals surface area contributed by atoms with Crippen LogP contribution < -0.4 is 16.0 Å². The van der Waals surface area contributed by atoms with E-state index in [1.807, 2.05) is 0 Å². The Morgan fingerprint density at radius 1 is 1.05 bits per heavy atom. The molecule has 0 saturated carbocycles. The summed E-state index contributed by atoms with van der Waals surface area (Å²) in [5.74, 6) is -2.59. The molecule has 118 valence electrons. The molecule has 0 unspecified atom stereocenters. The van der Waals surface area contributed by atoms with E-state index in [-0.39, 0.29) is 10.9 Å². The topological polar surface area (TPSA) is 87.3 Å². The van der Waals surface area contributed by atoms with Crippen LogP contribution in [0, 0.1) is 5.92 Å². The SMILES string of the molecule is O=C(NC(=O)C1CCNCC1)C(=O)Nc1ccc(Cl)c(Cl)c1. The Bertz CT molecular complexity index is 601. The first-order valence-corrected chi connectivity index (χ1v) is 7.55. The molecule has 0 bridgehead atoms. The molecule has 8 heteroatoms. The summed E-state index contributed by atoms with van der Waals surface area (Å²) >= 11 is 11.6. The Labute approximate surface area is 137 Å². The van der Waals surface area contributed by atoms with Crippen molar-refractivity contribution in [2.75, 3.05) is 18.4 Å². The lowest BCUT2D eigenvalue weighted by molar-refractivity contribution is -0.141. The van der Waals surface area contributed by atoms with Crippen LogP contribution in [0.2, 0.25) is 10.0 Å². The standard InChI is InChI=1S/C14H15Cl2N3O3/c15-10-2-1-9(7-11(10)16)18-13(21)14(22)19-12(20)8-3-5-17-6-4-8/h1-2,7-8,17H,3-6H2,(H,18,21)(H,19,20,22). The number of rotatable bonds is 2. The molecule has 0 aliphatic carbocycles. The molecule has 3 amide bonds. The zero-order chi connectivity index (χ0) is 16.1. The van der Waals surface area contributed by atoms with Crippen molar-refractivity contribution in [3.8, 4) is 0 Å². The van der Waals surface area contributed by atoms with E-state index in [0.717, 1.165) is 13.1 Å². The van der Waals surface area contributed by atoms with E-state index in [1.54, 1.807) is 0 Å². The van der Waals surface area contributed by atoms with Gasteiger partial charge in [-0.25, -0.2) is 0 Å². The Kier molecular flexibility index (Phi) is 5.76. The van der Waals surface area contributed by atoms with E-state index < -0.39 is 17.7 Å². The first-order valence-electron chi connectivity index (χ1n) is 6.79. The van der Waals surface area contributed by atoms with Gasteiger partial charge in [0.05, 0.1) is 10.0 Å². The molecule has 1 heterocycles. The fraction of sp³-hybridized carbons (Fsp3) is 0.357. The molecular formula is C14H15Cl2N3O3. The molecular weight excluding hydrogens is 329 g/mol. The summed E-state index contributed by atoms with van der Waals surface area (Å²) in [7, 11) is 0. The van der Waals surface area contributed by atoms with Gasteiger partial charge in [0, 0.05) is 11.6 Å². The fourth-order valence-electron chi connectivity index (χ4n) is 2.12. The first-order chi connectivity index (χ1) is 10.5. The molecule has 3 N–H and O–H groups in total. The first kappa shape index (κ1) is 16.7. The average molecular weight is 344 g/mol. The number of anilines is 1. The van der Waals surface area contributed by atoms with Gasteiger partial charge < -0.3 is 10.6 Å². The third-order valence-corrected chi connectivity index (χ3v) is 4.07. The number of carbonyl (C=O) groups is 3. The van der Waals surface area contributed by atoms with Crippen molar-refractivity contribution >= 4 is 46.6 Å².